The van der Waals surface area contributed by atoms with Gasteiger partial charge in [0.1, 0.15) is 23.8 Å². The molecule has 4 aromatic rings. The van der Waals surface area contributed by atoms with Gasteiger partial charge in [-0.15, -0.1) is 0 Å². The fraction of sp³-hybridized carbons (Fsp3) is 0. The third-order valence-electron chi connectivity index (χ3n) is 4.55. The molecule has 4 nitrogen and oxygen atoms in total. The Morgan fingerprint density at radius 2 is 1.13 bits per heavy atom. The SMILES string of the molecule is N#Cc1cccc(-c2cc(-c3cccc(C#N)c3F)nc(-c3ccccc3)n2)c1F. The van der Waals surface area contributed by atoms with Gasteiger partial charge in [0, 0.05) is 16.7 Å². The van der Waals surface area contributed by atoms with Crippen LogP contribution in [0.4, 0.5) is 8.78 Å². The summed E-state index contributed by atoms with van der Waals surface area (Å²) in [5.74, 6) is -1.16. The number of nitrogens with zero attached hydrogens (tertiary/aromatic N) is 4. The van der Waals surface area contributed by atoms with Crippen molar-refractivity contribution < 1.29 is 8.78 Å². The van der Waals surface area contributed by atoms with Gasteiger partial charge in [-0.1, -0.05) is 42.5 Å². The van der Waals surface area contributed by atoms with E-state index in [1.54, 1.807) is 36.4 Å². The summed E-state index contributed by atoms with van der Waals surface area (Å²) in [7, 11) is 0. The molecular weight excluding hydrogens is 382 g/mol. The van der Waals surface area contributed by atoms with Crippen molar-refractivity contribution in [3.63, 3.8) is 0 Å². The van der Waals surface area contributed by atoms with E-state index in [1.165, 1.54) is 30.3 Å². The molecule has 1 aromatic heterocycles. The molecule has 0 fully saturated rings. The number of hydrogen-bond acceptors (Lipinski definition) is 4. The fourth-order valence-electron chi connectivity index (χ4n) is 3.07. The second kappa shape index (κ2) is 7.90. The van der Waals surface area contributed by atoms with Gasteiger partial charge >= 0.3 is 0 Å². The summed E-state index contributed by atoms with van der Waals surface area (Å²) in [6.07, 6.45) is 0. The van der Waals surface area contributed by atoms with Gasteiger partial charge in [-0.3, -0.25) is 0 Å². The highest BCUT2D eigenvalue weighted by Crippen LogP contribution is 2.31. The van der Waals surface area contributed by atoms with Gasteiger partial charge in [0.15, 0.2) is 5.82 Å². The van der Waals surface area contributed by atoms with E-state index in [2.05, 4.69) is 9.97 Å². The highest BCUT2D eigenvalue weighted by molar-refractivity contribution is 5.73. The van der Waals surface area contributed by atoms with Crippen LogP contribution in [0, 0.1) is 34.3 Å². The Balaban J connectivity index is 2.00. The van der Waals surface area contributed by atoms with Gasteiger partial charge in [-0.25, -0.2) is 18.7 Å². The van der Waals surface area contributed by atoms with E-state index >= 15 is 0 Å². The molecule has 3 aromatic carbocycles. The Bertz CT molecular complexity index is 1250. The topological polar surface area (TPSA) is 73.4 Å². The maximum atomic E-state index is 14.8. The van der Waals surface area contributed by atoms with Gasteiger partial charge in [0.2, 0.25) is 0 Å². The first-order valence-corrected chi connectivity index (χ1v) is 8.95. The molecule has 30 heavy (non-hydrogen) atoms. The molecule has 0 aliphatic rings. The molecule has 0 radical (unpaired) electrons. The number of halogens is 2. The predicted molar refractivity (Wildman–Crippen MR) is 108 cm³/mol. The molecule has 0 bridgehead atoms. The number of nitriles is 2. The van der Waals surface area contributed by atoms with Crippen LogP contribution in [0.3, 0.4) is 0 Å². The highest BCUT2D eigenvalue weighted by atomic mass is 19.1. The van der Waals surface area contributed by atoms with Crippen molar-refractivity contribution in [2.24, 2.45) is 0 Å². The fourth-order valence-corrected chi connectivity index (χ4v) is 3.07. The van der Waals surface area contributed by atoms with Crippen molar-refractivity contribution in [3.05, 3.63) is 95.6 Å². The van der Waals surface area contributed by atoms with Crippen molar-refractivity contribution in [1.82, 2.24) is 9.97 Å². The summed E-state index contributed by atoms with van der Waals surface area (Å²) in [5, 5.41) is 18.3. The molecule has 6 heteroatoms. The summed E-state index contributed by atoms with van der Waals surface area (Å²) in [5.41, 5.74) is 1.04. The largest absolute Gasteiger partial charge is 0.228 e. The van der Waals surface area contributed by atoms with Crippen LogP contribution in [-0.2, 0) is 0 Å². The van der Waals surface area contributed by atoms with E-state index in [4.69, 9.17) is 10.5 Å². The van der Waals surface area contributed by atoms with Gasteiger partial charge in [0.05, 0.1) is 22.5 Å². The van der Waals surface area contributed by atoms with E-state index in [1.807, 2.05) is 18.2 Å². The van der Waals surface area contributed by atoms with Crippen LogP contribution in [0.25, 0.3) is 33.9 Å². The normalized spacial score (nSPS) is 10.3. The van der Waals surface area contributed by atoms with Crippen LogP contribution in [0.5, 0.6) is 0 Å². The first-order valence-electron chi connectivity index (χ1n) is 8.95. The monoisotopic (exact) mass is 394 g/mol. The molecule has 1 heterocycles. The van der Waals surface area contributed by atoms with Gasteiger partial charge in [-0.05, 0) is 30.3 Å². The smallest absolute Gasteiger partial charge is 0.160 e. The number of hydrogen-bond donors (Lipinski definition) is 0. The van der Waals surface area contributed by atoms with Gasteiger partial charge in [0.25, 0.3) is 0 Å². The maximum absolute atomic E-state index is 14.8. The Kier molecular flexibility index (Phi) is 4.99. The molecule has 0 unspecified atom stereocenters. The summed E-state index contributed by atoms with van der Waals surface area (Å²) in [4.78, 5) is 8.92. The van der Waals surface area contributed by atoms with Crippen LogP contribution in [-0.4, -0.2) is 9.97 Å². The van der Waals surface area contributed by atoms with Crippen LogP contribution in [0.2, 0.25) is 0 Å². The number of aromatic nitrogens is 2. The lowest BCUT2D eigenvalue weighted by atomic mass is 10.0. The average molecular weight is 394 g/mol. The van der Waals surface area contributed by atoms with Crippen LogP contribution < -0.4 is 0 Å². The minimum atomic E-state index is -0.713. The standard InChI is InChI=1S/C24H12F2N4/c25-22-16(13-27)8-4-10-18(22)20-12-21(19-11-5-9-17(14-28)23(19)26)30-24(29-20)15-6-2-1-3-7-15/h1-12H. The Morgan fingerprint density at radius 1 is 0.633 bits per heavy atom. The molecule has 0 N–H and O–H groups in total. The molecule has 0 aliphatic carbocycles. The molecule has 0 saturated heterocycles. The van der Waals surface area contributed by atoms with Gasteiger partial charge in [-0.2, -0.15) is 10.5 Å². The molecule has 0 amide bonds. The quantitative estimate of drug-likeness (QED) is 0.460. The zero-order valence-electron chi connectivity index (χ0n) is 15.5. The Hall–Kier alpha value is -4.42. The zero-order valence-corrected chi connectivity index (χ0v) is 15.5. The number of rotatable bonds is 3. The summed E-state index contributed by atoms with van der Waals surface area (Å²) in [6.45, 7) is 0. The van der Waals surface area contributed by atoms with E-state index in [-0.39, 0.29) is 39.5 Å². The van der Waals surface area contributed by atoms with Crippen LogP contribution >= 0.6 is 0 Å². The molecule has 0 aliphatic heterocycles. The average Bonchev–Trinajstić information content (AvgIpc) is 2.79. The van der Waals surface area contributed by atoms with E-state index in [0.717, 1.165) is 0 Å². The van der Waals surface area contributed by atoms with Gasteiger partial charge < -0.3 is 0 Å². The van der Waals surface area contributed by atoms with E-state index in [0.29, 0.717) is 5.56 Å². The lowest BCUT2D eigenvalue weighted by Gasteiger charge is -2.11. The number of benzene rings is 3. The van der Waals surface area contributed by atoms with E-state index < -0.39 is 11.6 Å². The third kappa shape index (κ3) is 3.39. The van der Waals surface area contributed by atoms with Crippen molar-refractivity contribution in [3.8, 4) is 46.0 Å². The third-order valence-corrected chi connectivity index (χ3v) is 4.55. The lowest BCUT2D eigenvalue weighted by Crippen LogP contribution is -1.99. The molecule has 0 atom stereocenters. The summed E-state index contributed by atoms with van der Waals surface area (Å²) < 4.78 is 29.6. The minimum absolute atomic E-state index is 0.103. The van der Waals surface area contributed by atoms with Crippen molar-refractivity contribution in [2.45, 2.75) is 0 Å². The molecule has 142 valence electrons. The molecule has 0 spiro atoms. The predicted octanol–water partition coefficient (Wildman–Crippen LogP) is 5.50. The maximum Gasteiger partial charge on any atom is 0.160 e. The van der Waals surface area contributed by atoms with Crippen molar-refractivity contribution in [1.29, 1.82) is 10.5 Å². The summed E-state index contributed by atoms with van der Waals surface area (Å²) >= 11 is 0. The minimum Gasteiger partial charge on any atom is -0.228 e. The first-order chi connectivity index (χ1) is 14.6. The Labute approximate surface area is 171 Å². The summed E-state index contributed by atoms with van der Waals surface area (Å²) in [6, 6.07) is 22.9. The van der Waals surface area contributed by atoms with Crippen molar-refractivity contribution in [2.75, 3.05) is 0 Å². The second-order valence-electron chi connectivity index (χ2n) is 6.39. The van der Waals surface area contributed by atoms with Crippen molar-refractivity contribution >= 4 is 0 Å². The Morgan fingerprint density at radius 3 is 1.60 bits per heavy atom. The highest BCUT2D eigenvalue weighted by Gasteiger charge is 2.17. The molecular formula is C24H12F2N4. The van der Waals surface area contributed by atoms with Crippen LogP contribution in [0.1, 0.15) is 11.1 Å². The first kappa shape index (κ1) is 18.9. The zero-order chi connectivity index (χ0) is 21.1. The molecule has 4 rings (SSSR count). The molecule has 0 saturated carbocycles. The second-order valence-corrected chi connectivity index (χ2v) is 6.39. The van der Waals surface area contributed by atoms with Crippen LogP contribution in [0.15, 0.2) is 72.8 Å². The lowest BCUT2D eigenvalue weighted by molar-refractivity contribution is 0.626. The van der Waals surface area contributed by atoms with E-state index in [9.17, 15) is 8.78 Å².